The van der Waals surface area contributed by atoms with Crippen molar-refractivity contribution in [2.45, 2.75) is 19.9 Å². The maximum absolute atomic E-state index is 13.2. The summed E-state index contributed by atoms with van der Waals surface area (Å²) in [6, 6.07) is 1.01. The number of nitrogen functional groups attached to an aromatic ring is 1. The molecule has 1 rings (SSSR count). The Kier molecular flexibility index (Phi) is 3.65. The van der Waals surface area contributed by atoms with E-state index < -0.39 is 17.7 Å². The maximum atomic E-state index is 13.2. The lowest BCUT2D eigenvalue weighted by Gasteiger charge is -2.11. The second kappa shape index (κ2) is 4.78. The largest absolute Gasteiger partial charge is 0.396 e. The number of carbonyl (C=O) groups is 1. The molecule has 0 aliphatic heterocycles. The fourth-order valence-corrected chi connectivity index (χ4v) is 1.08. The van der Waals surface area contributed by atoms with Gasteiger partial charge in [-0.25, -0.2) is 13.6 Å². The SMILES string of the molecule is CC(C)NC(=O)Nc1cc(N)c(F)cc1F. The van der Waals surface area contributed by atoms with Gasteiger partial charge in [-0.3, -0.25) is 0 Å². The van der Waals surface area contributed by atoms with Crippen molar-refractivity contribution >= 4 is 17.4 Å². The molecule has 0 aliphatic rings. The normalized spacial score (nSPS) is 10.3. The molecular formula is C10H13F2N3O. The van der Waals surface area contributed by atoms with Gasteiger partial charge in [-0.15, -0.1) is 0 Å². The van der Waals surface area contributed by atoms with Gasteiger partial charge in [0.1, 0.15) is 11.6 Å². The molecule has 2 amide bonds. The molecular weight excluding hydrogens is 216 g/mol. The number of carbonyl (C=O) groups excluding carboxylic acids is 1. The van der Waals surface area contributed by atoms with Gasteiger partial charge >= 0.3 is 6.03 Å². The summed E-state index contributed by atoms with van der Waals surface area (Å²) in [5.41, 5.74) is 4.88. The molecule has 0 spiro atoms. The van der Waals surface area contributed by atoms with Crippen LogP contribution in [0.25, 0.3) is 0 Å². The third-order valence-electron chi connectivity index (χ3n) is 1.75. The monoisotopic (exact) mass is 229 g/mol. The third kappa shape index (κ3) is 3.08. The van der Waals surface area contributed by atoms with Crippen LogP contribution in [0, 0.1) is 11.6 Å². The Balaban J connectivity index is 2.81. The third-order valence-corrected chi connectivity index (χ3v) is 1.75. The summed E-state index contributed by atoms with van der Waals surface area (Å²) in [6.45, 7) is 3.52. The highest BCUT2D eigenvalue weighted by molar-refractivity contribution is 5.90. The van der Waals surface area contributed by atoms with Crippen LogP contribution >= 0.6 is 0 Å². The van der Waals surface area contributed by atoms with E-state index in [1.165, 1.54) is 0 Å². The molecule has 0 aromatic heterocycles. The maximum Gasteiger partial charge on any atom is 0.319 e. The van der Waals surface area contributed by atoms with Crippen molar-refractivity contribution in [1.29, 1.82) is 0 Å². The molecule has 0 atom stereocenters. The molecule has 6 heteroatoms. The minimum atomic E-state index is -0.870. The Labute approximate surface area is 91.8 Å². The van der Waals surface area contributed by atoms with Crippen LogP contribution in [-0.2, 0) is 0 Å². The Morgan fingerprint density at radius 2 is 1.94 bits per heavy atom. The van der Waals surface area contributed by atoms with Gasteiger partial charge in [0.15, 0.2) is 0 Å². The van der Waals surface area contributed by atoms with Crippen LogP contribution < -0.4 is 16.4 Å². The van der Waals surface area contributed by atoms with Crippen LogP contribution in [0.4, 0.5) is 25.0 Å². The molecule has 88 valence electrons. The summed E-state index contributed by atoms with van der Waals surface area (Å²) in [5.74, 6) is -1.72. The molecule has 0 heterocycles. The first kappa shape index (κ1) is 12.2. The van der Waals surface area contributed by atoms with Crippen molar-refractivity contribution in [3.63, 3.8) is 0 Å². The van der Waals surface area contributed by atoms with E-state index in [2.05, 4.69) is 10.6 Å². The average molecular weight is 229 g/mol. The molecule has 16 heavy (non-hydrogen) atoms. The van der Waals surface area contributed by atoms with Gasteiger partial charge in [-0.2, -0.15) is 0 Å². The van der Waals surface area contributed by atoms with E-state index in [0.29, 0.717) is 6.07 Å². The number of halogens is 2. The minimum absolute atomic E-state index is 0.0825. The van der Waals surface area contributed by atoms with Crippen LogP contribution in [0.2, 0.25) is 0 Å². The minimum Gasteiger partial charge on any atom is -0.396 e. The van der Waals surface area contributed by atoms with Gasteiger partial charge in [-0.05, 0) is 19.9 Å². The molecule has 0 unspecified atom stereocenters. The number of benzene rings is 1. The Morgan fingerprint density at radius 1 is 1.31 bits per heavy atom. The van der Waals surface area contributed by atoms with E-state index in [1.54, 1.807) is 13.8 Å². The summed E-state index contributed by atoms with van der Waals surface area (Å²) in [5, 5.41) is 4.74. The summed E-state index contributed by atoms with van der Waals surface area (Å²) < 4.78 is 26.0. The molecule has 0 radical (unpaired) electrons. The van der Waals surface area contributed by atoms with E-state index in [9.17, 15) is 13.6 Å². The van der Waals surface area contributed by atoms with Crippen molar-refractivity contribution in [2.24, 2.45) is 0 Å². The van der Waals surface area contributed by atoms with Crippen LogP contribution in [-0.4, -0.2) is 12.1 Å². The zero-order valence-corrected chi connectivity index (χ0v) is 8.97. The topological polar surface area (TPSA) is 67.2 Å². The molecule has 0 bridgehead atoms. The average Bonchev–Trinajstić information content (AvgIpc) is 2.12. The summed E-state index contributed by atoms with van der Waals surface area (Å²) >= 11 is 0. The molecule has 0 saturated heterocycles. The van der Waals surface area contributed by atoms with Gasteiger partial charge < -0.3 is 16.4 Å². The zero-order valence-electron chi connectivity index (χ0n) is 8.97. The van der Waals surface area contributed by atoms with Crippen LogP contribution in [0.3, 0.4) is 0 Å². The highest BCUT2D eigenvalue weighted by Crippen LogP contribution is 2.20. The van der Waals surface area contributed by atoms with Crippen molar-refractivity contribution in [3.05, 3.63) is 23.8 Å². The fourth-order valence-electron chi connectivity index (χ4n) is 1.08. The standard InChI is InChI=1S/C10H13F2N3O/c1-5(2)14-10(16)15-9-4-8(13)6(11)3-7(9)12/h3-5H,13H2,1-2H3,(H2,14,15,16). The summed E-state index contributed by atoms with van der Waals surface area (Å²) in [7, 11) is 0. The number of urea groups is 1. The first-order valence-electron chi connectivity index (χ1n) is 4.72. The number of amides is 2. The predicted molar refractivity (Wildman–Crippen MR) is 58.1 cm³/mol. The second-order valence-electron chi connectivity index (χ2n) is 3.61. The van der Waals surface area contributed by atoms with E-state index in [4.69, 9.17) is 5.73 Å². The van der Waals surface area contributed by atoms with E-state index >= 15 is 0 Å². The van der Waals surface area contributed by atoms with E-state index in [-0.39, 0.29) is 17.4 Å². The zero-order chi connectivity index (χ0) is 12.3. The highest BCUT2D eigenvalue weighted by Gasteiger charge is 2.10. The number of nitrogens with one attached hydrogen (secondary N) is 2. The first-order valence-corrected chi connectivity index (χ1v) is 4.72. The fraction of sp³-hybridized carbons (Fsp3) is 0.300. The molecule has 0 fully saturated rings. The smallest absolute Gasteiger partial charge is 0.319 e. The molecule has 1 aromatic carbocycles. The summed E-state index contributed by atoms with van der Waals surface area (Å²) in [4.78, 5) is 11.2. The van der Waals surface area contributed by atoms with E-state index in [1.807, 2.05) is 0 Å². The second-order valence-corrected chi connectivity index (χ2v) is 3.61. The van der Waals surface area contributed by atoms with Crippen molar-refractivity contribution in [1.82, 2.24) is 5.32 Å². The van der Waals surface area contributed by atoms with Gasteiger partial charge in [0, 0.05) is 12.1 Å². The van der Waals surface area contributed by atoms with Gasteiger partial charge in [-0.1, -0.05) is 0 Å². The predicted octanol–water partition coefficient (Wildman–Crippen LogP) is 2.08. The van der Waals surface area contributed by atoms with Crippen LogP contribution in [0.15, 0.2) is 12.1 Å². The number of hydrogen-bond acceptors (Lipinski definition) is 2. The quantitative estimate of drug-likeness (QED) is 0.679. The highest BCUT2D eigenvalue weighted by atomic mass is 19.1. The van der Waals surface area contributed by atoms with Crippen LogP contribution in [0.1, 0.15) is 13.8 Å². The van der Waals surface area contributed by atoms with Gasteiger partial charge in [0.2, 0.25) is 0 Å². The molecule has 1 aromatic rings. The number of rotatable bonds is 2. The number of nitrogens with two attached hydrogens (primary N) is 1. The lowest BCUT2D eigenvalue weighted by Crippen LogP contribution is -2.34. The van der Waals surface area contributed by atoms with E-state index in [0.717, 1.165) is 6.07 Å². The lowest BCUT2D eigenvalue weighted by atomic mass is 10.2. The number of anilines is 2. The molecule has 0 saturated carbocycles. The Bertz CT molecular complexity index is 407. The van der Waals surface area contributed by atoms with Crippen molar-refractivity contribution in [2.75, 3.05) is 11.1 Å². The Morgan fingerprint density at radius 3 is 2.50 bits per heavy atom. The van der Waals surface area contributed by atoms with Gasteiger partial charge in [0.05, 0.1) is 11.4 Å². The van der Waals surface area contributed by atoms with Gasteiger partial charge in [0.25, 0.3) is 0 Å². The first-order chi connectivity index (χ1) is 7.40. The van der Waals surface area contributed by atoms with Crippen molar-refractivity contribution in [3.8, 4) is 0 Å². The number of hydrogen-bond donors (Lipinski definition) is 3. The molecule has 0 aliphatic carbocycles. The molecule has 4 nitrogen and oxygen atoms in total. The molecule has 4 N–H and O–H groups in total. The summed E-state index contributed by atoms with van der Waals surface area (Å²) in [6.07, 6.45) is 0. The van der Waals surface area contributed by atoms with Crippen molar-refractivity contribution < 1.29 is 13.6 Å². The van der Waals surface area contributed by atoms with Crippen LogP contribution in [0.5, 0.6) is 0 Å². The Hall–Kier alpha value is -1.85. The lowest BCUT2D eigenvalue weighted by molar-refractivity contribution is 0.250.